The fourth-order valence-electron chi connectivity index (χ4n) is 1.65. The van der Waals surface area contributed by atoms with Gasteiger partial charge in [-0.15, -0.1) is 0 Å². The molecule has 0 aliphatic heterocycles. The Balaban J connectivity index is 2.48. The van der Waals surface area contributed by atoms with Crippen molar-refractivity contribution >= 4 is 17.3 Å². The van der Waals surface area contributed by atoms with E-state index < -0.39 is 45.1 Å². The van der Waals surface area contributed by atoms with Crippen LogP contribution in [-0.2, 0) is 0 Å². The van der Waals surface area contributed by atoms with Crippen molar-refractivity contribution in [1.29, 1.82) is 0 Å². The molecule has 0 amide bonds. The molecule has 0 saturated heterocycles. The van der Waals surface area contributed by atoms with Gasteiger partial charge >= 0.3 is 0 Å². The molecule has 6 nitrogen and oxygen atoms in total. The molecule has 0 atom stereocenters. The first kappa shape index (κ1) is 14.4. The minimum absolute atomic E-state index is 0.514. The monoisotopic (exact) mass is 292 g/mol. The number of aromatic nitrogens is 1. The molecule has 0 aliphatic carbocycles. The number of nitrogens with zero attached hydrogens (tertiary/aromatic N) is 2. The summed E-state index contributed by atoms with van der Waals surface area (Å²) in [5.41, 5.74) is -2.09. The fourth-order valence-corrected chi connectivity index (χ4v) is 1.65. The second kappa shape index (κ2) is 5.53. The van der Waals surface area contributed by atoms with Gasteiger partial charge in [0.2, 0.25) is 17.5 Å². The smallest absolute Gasteiger partial charge is 0.283 e. The van der Waals surface area contributed by atoms with Crippen LogP contribution in [0.4, 0.5) is 14.5 Å². The van der Waals surface area contributed by atoms with E-state index in [2.05, 4.69) is 4.98 Å². The Morgan fingerprint density at radius 2 is 1.76 bits per heavy atom. The molecule has 106 valence electrons. The number of hydrogen-bond donors (Lipinski definition) is 0. The van der Waals surface area contributed by atoms with Crippen LogP contribution in [0, 0.1) is 21.9 Å². The van der Waals surface area contributed by atoms with Gasteiger partial charge in [-0.2, -0.15) is 4.39 Å². The molecule has 0 fully saturated rings. The van der Waals surface area contributed by atoms with Crippen LogP contribution < -0.4 is 0 Å². The van der Waals surface area contributed by atoms with Gasteiger partial charge in [-0.3, -0.25) is 19.7 Å². The molecule has 0 saturated carbocycles. The highest BCUT2D eigenvalue weighted by molar-refractivity contribution is 6.49. The van der Waals surface area contributed by atoms with Gasteiger partial charge in [0.15, 0.2) is 0 Å². The molecule has 1 heterocycles. The number of ketones is 2. The van der Waals surface area contributed by atoms with Crippen molar-refractivity contribution in [3.05, 3.63) is 69.5 Å². The summed E-state index contributed by atoms with van der Waals surface area (Å²) in [6.45, 7) is 0. The second-order valence-electron chi connectivity index (χ2n) is 3.92. The quantitative estimate of drug-likeness (QED) is 0.283. The molecule has 21 heavy (non-hydrogen) atoms. The third-order valence-electron chi connectivity index (χ3n) is 2.61. The predicted molar refractivity (Wildman–Crippen MR) is 65.9 cm³/mol. The highest BCUT2D eigenvalue weighted by atomic mass is 19.1. The number of pyridine rings is 1. The van der Waals surface area contributed by atoms with Crippen LogP contribution in [0.3, 0.4) is 0 Å². The first-order chi connectivity index (χ1) is 9.91. The predicted octanol–water partition coefficient (Wildman–Crippen LogP) is 2.33. The second-order valence-corrected chi connectivity index (χ2v) is 3.92. The lowest BCUT2D eigenvalue weighted by Crippen LogP contribution is -2.18. The van der Waals surface area contributed by atoms with Crippen molar-refractivity contribution in [3.63, 3.8) is 0 Å². The van der Waals surface area contributed by atoms with Crippen LogP contribution in [0.25, 0.3) is 0 Å². The molecule has 1 aromatic carbocycles. The SMILES string of the molecule is O=C(C(=O)c1cccnc1F)c1ccc(F)cc1[N+](=O)[O-]. The first-order valence-electron chi connectivity index (χ1n) is 5.55. The number of hydrogen-bond acceptors (Lipinski definition) is 5. The van der Waals surface area contributed by atoms with Gasteiger partial charge in [0, 0.05) is 6.20 Å². The maximum atomic E-state index is 13.4. The standard InChI is InChI=1S/C13H6F2N2O4/c14-7-3-4-8(10(6-7)17(20)21)11(18)12(19)9-2-1-5-16-13(9)15/h1-6H. The number of rotatable bonds is 4. The van der Waals surface area contributed by atoms with E-state index in [9.17, 15) is 28.5 Å². The minimum Gasteiger partial charge on any atom is -0.285 e. The maximum absolute atomic E-state index is 13.4. The highest BCUT2D eigenvalue weighted by Crippen LogP contribution is 2.22. The van der Waals surface area contributed by atoms with Crippen molar-refractivity contribution in [2.45, 2.75) is 0 Å². The zero-order valence-corrected chi connectivity index (χ0v) is 10.2. The van der Waals surface area contributed by atoms with E-state index in [0.717, 1.165) is 24.4 Å². The number of Topliss-reactive ketones (excluding diaryl/α,β-unsaturated/α-hetero) is 2. The molecular weight excluding hydrogens is 286 g/mol. The summed E-state index contributed by atoms with van der Waals surface area (Å²) < 4.78 is 26.3. The van der Waals surface area contributed by atoms with Crippen LogP contribution >= 0.6 is 0 Å². The molecule has 0 unspecified atom stereocenters. The summed E-state index contributed by atoms with van der Waals surface area (Å²) in [7, 11) is 0. The van der Waals surface area contributed by atoms with E-state index in [1.807, 2.05) is 0 Å². The summed E-state index contributed by atoms with van der Waals surface area (Å²) in [5, 5.41) is 10.8. The van der Waals surface area contributed by atoms with E-state index in [4.69, 9.17) is 0 Å². The minimum atomic E-state index is -1.31. The third-order valence-corrected chi connectivity index (χ3v) is 2.61. The molecule has 2 aromatic rings. The topological polar surface area (TPSA) is 90.2 Å². The average molecular weight is 292 g/mol. The molecule has 1 aromatic heterocycles. The molecule has 0 spiro atoms. The van der Waals surface area contributed by atoms with Gasteiger partial charge in [0.05, 0.1) is 16.6 Å². The van der Waals surface area contributed by atoms with Crippen LogP contribution in [0.5, 0.6) is 0 Å². The van der Waals surface area contributed by atoms with E-state index in [-0.39, 0.29) is 0 Å². The summed E-state index contributed by atoms with van der Waals surface area (Å²) >= 11 is 0. The lowest BCUT2D eigenvalue weighted by Gasteiger charge is -2.03. The van der Waals surface area contributed by atoms with Crippen molar-refractivity contribution in [1.82, 2.24) is 4.98 Å². The van der Waals surface area contributed by atoms with Gasteiger partial charge in [-0.05, 0) is 24.3 Å². The van der Waals surface area contributed by atoms with Gasteiger partial charge in [0.25, 0.3) is 5.69 Å². The van der Waals surface area contributed by atoms with Crippen LogP contribution in [0.2, 0.25) is 0 Å². The largest absolute Gasteiger partial charge is 0.285 e. The molecule has 0 aliphatic rings. The molecule has 0 bridgehead atoms. The summed E-state index contributed by atoms with van der Waals surface area (Å²) in [6, 6.07) is 4.38. The average Bonchev–Trinajstić information content (AvgIpc) is 2.46. The zero-order chi connectivity index (χ0) is 15.6. The van der Waals surface area contributed by atoms with Crippen molar-refractivity contribution in [2.24, 2.45) is 0 Å². The third kappa shape index (κ3) is 2.78. The number of carbonyl (C=O) groups excluding carboxylic acids is 2. The molecule has 2 rings (SSSR count). The molecule has 0 N–H and O–H groups in total. The van der Waals surface area contributed by atoms with E-state index in [0.29, 0.717) is 6.07 Å². The Bertz CT molecular complexity index is 762. The van der Waals surface area contributed by atoms with Gasteiger partial charge in [0.1, 0.15) is 11.4 Å². The number of nitro benzene ring substituents is 1. The van der Waals surface area contributed by atoms with E-state index >= 15 is 0 Å². The van der Waals surface area contributed by atoms with E-state index in [1.165, 1.54) is 6.07 Å². The van der Waals surface area contributed by atoms with Gasteiger partial charge in [-0.25, -0.2) is 9.37 Å². The van der Waals surface area contributed by atoms with Crippen LogP contribution in [0.1, 0.15) is 20.7 Å². The number of benzene rings is 1. The lowest BCUT2D eigenvalue weighted by molar-refractivity contribution is -0.385. The van der Waals surface area contributed by atoms with Crippen molar-refractivity contribution in [3.8, 4) is 0 Å². The summed E-state index contributed by atoms with van der Waals surface area (Å²) in [5.74, 6) is -4.71. The number of halogens is 2. The summed E-state index contributed by atoms with van der Waals surface area (Å²) in [6.07, 6.45) is 1.08. The fraction of sp³-hybridized carbons (Fsp3) is 0. The Kier molecular flexibility index (Phi) is 3.79. The van der Waals surface area contributed by atoms with Gasteiger partial charge < -0.3 is 0 Å². The van der Waals surface area contributed by atoms with Crippen molar-refractivity contribution < 1.29 is 23.3 Å². The molecule has 8 heteroatoms. The summed E-state index contributed by atoms with van der Waals surface area (Å²) in [4.78, 5) is 36.9. The van der Waals surface area contributed by atoms with E-state index in [1.54, 1.807) is 0 Å². The van der Waals surface area contributed by atoms with Crippen LogP contribution in [-0.4, -0.2) is 21.5 Å². The number of carbonyl (C=O) groups is 2. The van der Waals surface area contributed by atoms with Crippen molar-refractivity contribution in [2.75, 3.05) is 0 Å². The van der Waals surface area contributed by atoms with Crippen LogP contribution in [0.15, 0.2) is 36.5 Å². The Morgan fingerprint density at radius 3 is 2.38 bits per heavy atom. The Hall–Kier alpha value is -3.03. The Labute approximate surface area is 116 Å². The van der Waals surface area contributed by atoms with Gasteiger partial charge in [-0.1, -0.05) is 0 Å². The normalized spacial score (nSPS) is 10.2. The highest BCUT2D eigenvalue weighted by Gasteiger charge is 2.28. The Morgan fingerprint density at radius 1 is 1.10 bits per heavy atom. The first-order valence-corrected chi connectivity index (χ1v) is 5.55. The molecule has 0 radical (unpaired) electrons. The zero-order valence-electron chi connectivity index (χ0n) is 10.2. The number of nitro groups is 1. The molecular formula is C13H6F2N2O4. The maximum Gasteiger partial charge on any atom is 0.283 e. The lowest BCUT2D eigenvalue weighted by atomic mass is 10.0.